The first-order valence-corrected chi connectivity index (χ1v) is 4.04. The van der Waals surface area contributed by atoms with E-state index in [1.807, 2.05) is 0 Å². The van der Waals surface area contributed by atoms with Crippen LogP contribution in [0.3, 0.4) is 0 Å². The number of halogens is 3. The lowest BCUT2D eigenvalue weighted by Crippen LogP contribution is -2.21. The fourth-order valence-electron chi connectivity index (χ4n) is 1.31. The molecule has 1 rings (SSSR count). The number of aliphatic carboxylic acids is 1. The Morgan fingerprint density at radius 1 is 1.57 bits per heavy atom. The lowest BCUT2D eigenvalue weighted by molar-refractivity contribution is -0.132. The first-order valence-electron chi connectivity index (χ1n) is 4.04. The van der Waals surface area contributed by atoms with E-state index in [1.54, 1.807) is 0 Å². The van der Waals surface area contributed by atoms with Crippen LogP contribution in [0, 0.1) is 5.92 Å². The quantitative estimate of drug-likeness (QED) is 0.715. The molecule has 1 atom stereocenters. The molecule has 0 amide bonds. The van der Waals surface area contributed by atoms with Gasteiger partial charge in [0.15, 0.2) is 0 Å². The van der Waals surface area contributed by atoms with Gasteiger partial charge in [-0.05, 0) is 18.4 Å². The van der Waals surface area contributed by atoms with Crippen molar-refractivity contribution in [2.75, 3.05) is 0 Å². The van der Waals surface area contributed by atoms with Crippen LogP contribution < -0.4 is 0 Å². The smallest absolute Gasteiger partial charge is 0.412 e. The van der Waals surface area contributed by atoms with Crippen LogP contribution in [0.2, 0.25) is 0 Å². The van der Waals surface area contributed by atoms with Crippen LogP contribution in [-0.2, 0) is 4.79 Å². The molecular weight excluding hydrogens is 197 g/mol. The van der Waals surface area contributed by atoms with Crippen LogP contribution in [0.25, 0.3) is 0 Å². The number of hydrogen-bond acceptors (Lipinski definition) is 1. The summed E-state index contributed by atoms with van der Waals surface area (Å²) in [6.45, 7) is 1.43. The minimum Gasteiger partial charge on any atom is -0.478 e. The molecule has 0 saturated heterocycles. The largest absolute Gasteiger partial charge is 0.478 e. The molecule has 0 heterocycles. The molecule has 0 spiro atoms. The molecule has 5 heteroatoms. The zero-order chi connectivity index (χ0) is 10.9. The van der Waals surface area contributed by atoms with Crippen LogP contribution in [0.1, 0.15) is 13.3 Å². The summed E-state index contributed by atoms with van der Waals surface area (Å²) >= 11 is 0. The molecule has 2 nitrogen and oxygen atoms in total. The van der Waals surface area contributed by atoms with E-state index in [2.05, 4.69) is 0 Å². The first kappa shape index (κ1) is 10.8. The zero-order valence-electron chi connectivity index (χ0n) is 7.43. The summed E-state index contributed by atoms with van der Waals surface area (Å²) in [4.78, 5) is 10.5. The van der Waals surface area contributed by atoms with Gasteiger partial charge >= 0.3 is 12.1 Å². The van der Waals surface area contributed by atoms with Gasteiger partial charge in [-0.1, -0.05) is 13.0 Å². The van der Waals surface area contributed by atoms with Gasteiger partial charge in [-0.2, -0.15) is 13.2 Å². The highest BCUT2D eigenvalue weighted by atomic mass is 19.4. The fraction of sp³-hybridized carbons (Fsp3) is 0.444. The Hall–Kier alpha value is -1.26. The van der Waals surface area contributed by atoms with E-state index in [0.717, 1.165) is 0 Å². The molecule has 78 valence electrons. The minimum atomic E-state index is -4.44. The van der Waals surface area contributed by atoms with Gasteiger partial charge in [0, 0.05) is 5.57 Å². The predicted molar refractivity (Wildman–Crippen MR) is 43.6 cm³/mol. The number of carboxylic acids is 1. The summed E-state index contributed by atoms with van der Waals surface area (Å²) in [5.41, 5.74) is -1.05. The summed E-state index contributed by atoms with van der Waals surface area (Å²) < 4.78 is 37.0. The van der Waals surface area contributed by atoms with E-state index < -0.39 is 23.6 Å². The van der Waals surface area contributed by atoms with Gasteiger partial charge in [-0.3, -0.25) is 0 Å². The van der Waals surface area contributed by atoms with Crippen molar-refractivity contribution in [3.63, 3.8) is 0 Å². The molecule has 0 radical (unpaired) electrons. The van der Waals surface area contributed by atoms with Crippen LogP contribution in [0.4, 0.5) is 13.2 Å². The second-order valence-corrected chi connectivity index (χ2v) is 3.20. The summed E-state index contributed by atoms with van der Waals surface area (Å²) in [6.07, 6.45) is -2.31. The Kier molecular flexibility index (Phi) is 2.69. The Morgan fingerprint density at radius 2 is 2.14 bits per heavy atom. The molecule has 1 unspecified atom stereocenters. The number of carboxylic acid groups (broad SMARTS) is 1. The van der Waals surface area contributed by atoms with Crippen molar-refractivity contribution in [2.24, 2.45) is 5.92 Å². The number of rotatable bonds is 1. The SMILES string of the molecule is CC1CC=C(C(=O)O)C=C1C(F)(F)F. The van der Waals surface area contributed by atoms with E-state index >= 15 is 0 Å². The highest BCUT2D eigenvalue weighted by Crippen LogP contribution is 2.36. The van der Waals surface area contributed by atoms with Crippen molar-refractivity contribution in [3.8, 4) is 0 Å². The molecule has 1 aliphatic carbocycles. The van der Waals surface area contributed by atoms with Gasteiger partial charge in [0.25, 0.3) is 0 Å². The van der Waals surface area contributed by atoms with Crippen molar-refractivity contribution in [1.29, 1.82) is 0 Å². The van der Waals surface area contributed by atoms with Crippen LogP contribution in [0.15, 0.2) is 23.3 Å². The monoisotopic (exact) mass is 206 g/mol. The molecule has 0 fully saturated rings. The van der Waals surface area contributed by atoms with Gasteiger partial charge in [0.1, 0.15) is 0 Å². The molecule has 14 heavy (non-hydrogen) atoms. The highest BCUT2D eigenvalue weighted by molar-refractivity contribution is 5.90. The summed E-state index contributed by atoms with van der Waals surface area (Å²) in [5.74, 6) is -1.99. The van der Waals surface area contributed by atoms with Gasteiger partial charge in [0.2, 0.25) is 0 Å². The molecule has 1 N–H and O–H groups in total. The van der Waals surface area contributed by atoms with Crippen LogP contribution in [-0.4, -0.2) is 17.3 Å². The third-order valence-electron chi connectivity index (χ3n) is 2.11. The zero-order valence-corrected chi connectivity index (χ0v) is 7.43. The van der Waals surface area contributed by atoms with E-state index in [-0.39, 0.29) is 12.0 Å². The maximum absolute atomic E-state index is 12.3. The minimum absolute atomic E-state index is 0.118. The Bertz CT molecular complexity index is 313. The molecule has 0 aliphatic heterocycles. The van der Waals surface area contributed by atoms with Gasteiger partial charge < -0.3 is 5.11 Å². The first-order chi connectivity index (χ1) is 6.32. The summed E-state index contributed by atoms with van der Waals surface area (Å²) in [6, 6.07) is 0. The van der Waals surface area contributed by atoms with Crippen molar-refractivity contribution in [2.45, 2.75) is 19.5 Å². The average molecular weight is 206 g/mol. The molecule has 0 aromatic rings. The third-order valence-corrected chi connectivity index (χ3v) is 2.11. The molecule has 0 saturated carbocycles. The summed E-state index contributed by atoms with van der Waals surface area (Å²) in [5, 5.41) is 8.53. The van der Waals surface area contributed by atoms with Crippen LogP contribution >= 0.6 is 0 Å². The number of alkyl halides is 3. The van der Waals surface area contributed by atoms with E-state index in [9.17, 15) is 18.0 Å². The fourth-order valence-corrected chi connectivity index (χ4v) is 1.31. The number of allylic oxidation sites excluding steroid dienone is 2. The Labute approximate surface area is 78.7 Å². The topological polar surface area (TPSA) is 37.3 Å². The average Bonchev–Trinajstić information content (AvgIpc) is 2.02. The molecule has 0 bridgehead atoms. The lowest BCUT2D eigenvalue weighted by atomic mass is 9.89. The molecule has 0 aromatic carbocycles. The Morgan fingerprint density at radius 3 is 2.57 bits per heavy atom. The van der Waals surface area contributed by atoms with Crippen LogP contribution in [0.5, 0.6) is 0 Å². The number of carbonyl (C=O) groups is 1. The van der Waals surface area contributed by atoms with E-state index in [4.69, 9.17) is 5.11 Å². The van der Waals surface area contributed by atoms with E-state index in [0.29, 0.717) is 6.08 Å². The Balaban J connectivity index is 3.03. The molecule has 1 aliphatic rings. The van der Waals surface area contributed by atoms with Gasteiger partial charge in [0.05, 0.1) is 5.57 Å². The third kappa shape index (κ3) is 2.16. The second-order valence-electron chi connectivity index (χ2n) is 3.20. The maximum atomic E-state index is 12.3. The van der Waals surface area contributed by atoms with Crippen molar-refractivity contribution in [1.82, 2.24) is 0 Å². The lowest BCUT2D eigenvalue weighted by Gasteiger charge is -2.21. The van der Waals surface area contributed by atoms with Crippen molar-refractivity contribution < 1.29 is 23.1 Å². The normalized spacial score (nSPS) is 22.7. The highest BCUT2D eigenvalue weighted by Gasteiger charge is 2.38. The molecular formula is C9H9F3O2. The van der Waals surface area contributed by atoms with E-state index in [1.165, 1.54) is 13.0 Å². The van der Waals surface area contributed by atoms with Gasteiger partial charge in [-0.25, -0.2) is 4.79 Å². The van der Waals surface area contributed by atoms with Crippen molar-refractivity contribution in [3.05, 3.63) is 23.3 Å². The second kappa shape index (κ2) is 3.48. The maximum Gasteiger partial charge on any atom is 0.412 e. The summed E-state index contributed by atoms with van der Waals surface area (Å²) in [7, 11) is 0. The predicted octanol–water partition coefficient (Wildman–Crippen LogP) is 2.53. The number of hydrogen-bond donors (Lipinski definition) is 1. The van der Waals surface area contributed by atoms with Crippen molar-refractivity contribution >= 4 is 5.97 Å². The van der Waals surface area contributed by atoms with Gasteiger partial charge in [-0.15, -0.1) is 0 Å². The molecule has 0 aromatic heterocycles. The standard InChI is InChI=1S/C9H9F3O2/c1-5-2-3-6(8(13)14)4-7(5)9(10,11)12/h3-5H,2H2,1H3,(H,13,14).